The van der Waals surface area contributed by atoms with E-state index in [0.29, 0.717) is 6.54 Å². The largest absolute Gasteiger partial charge is 0.496 e. The molecule has 0 radical (unpaired) electrons. The number of methoxy groups -OCH3 is 1. The molecule has 0 saturated carbocycles. The first-order valence-corrected chi connectivity index (χ1v) is 9.35. The van der Waals surface area contributed by atoms with Crippen LogP contribution in [0.15, 0.2) is 30.5 Å². The fraction of sp³-hybridized carbons (Fsp3) is 0.500. The summed E-state index contributed by atoms with van der Waals surface area (Å²) in [5, 5.41) is 3.05. The van der Waals surface area contributed by atoms with Gasteiger partial charge in [-0.25, -0.2) is 9.78 Å². The predicted molar refractivity (Wildman–Crippen MR) is 106 cm³/mol. The number of ether oxygens (including phenoxy) is 1. The summed E-state index contributed by atoms with van der Waals surface area (Å²) in [6.45, 7) is 1.26. The highest BCUT2D eigenvalue weighted by Gasteiger charge is 2.29. The number of imidazole rings is 1. The molecule has 1 atom stereocenters. The minimum Gasteiger partial charge on any atom is -0.496 e. The maximum Gasteiger partial charge on any atom is 0.317 e. The van der Waals surface area contributed by atoms with Crippen LogP contribution in [-0.4, -0.2) is 54.3 Å². The number of likely N-dealkylation sites (tertiary alicyclic amines) is 1. The van der Waals surface area contributed by atoms with Crippen molar-refractivity contribution in [1.29, 1.82) is 0 Å². The lowest BCUT2D eigenvalue weighted by Crippen LogP contribution is -2.43. The molecular weight excluding hydrogens is 342 g/mol. The number of hydrogen-bond donors (Lipinski definition) is 1. The Morgan fingerprint density at radius 3 is 2.85 bits per heavy atom. The number of carbonyl (C=O) groups is 1. The van der Waals surface area contributed by atoms with Crippen LogP contribution in [0.25, 0.3) is 0 Å². The van der Waals surface area contributed by atoms with Crippen molar-refractivity contribution in [2.24, 2.45) is 7.05 Å². The van der Waals surface area contributed by atoms with E-state index in [-0.39, 0.29) is 12.1 Å². The zero-order chi connectivity index (χ0) is 19.4. The van der Waals surface area contributed by atoms with Gasteiger partial charge in [-0.15, -0.1) is 0 Å². The predicted octanol–water partition coefficient (Wildman–Crippen LogP) is 2.41. The Balaban J connectivity index is 1.62. The number of anilines is 1. The molecule has 1 aromatic heterocycles. The first-order chi connectivity index (χ1) is 13.0. The molecule has 1 fully saturated rings. The van der Waals surface area contributed by atoms with E-state index < -0.39 is 0 Å². The van der Waals surface area contributed by atoms with Crippen molar-refractivity contribution >= 4 is 12.0 Å². The third-order valence-electron chi connectivity index (χ3n) is 5.17. The lowest BCUT2D eigenvalue weighted by atomic mass is 10.0. The summed E-state index contributed by atoms with van der Waals surface area (Å²) in [5.41, 5.74) is 2.12. The molecule has 0 bridgehead atoms. The Kier molecular flexibility index (Phi) is 5.88. The number of nitrogens with one attached hydrogen (secondary N) is 1. The Bertz CT molecular complexity index is 786. The van der Waals surface area contributed by atoms with Gasteiger partial charge in [0.05, 0.1) is 25.5 Å². The number of nitrogens with zero attached hydrogens (tertiary/aromatic N) is 4. The monoisotopic (exact) mass is 371 g/mol. The average Bonchev–Trinajstić information content (AvgIpc) is 3.27. The smallest absolute Gasteiger partial charge is 0.317 e. The molecule has 1 unspecified atom stereocenters. The Morgan fingerprint density at radius 1 is 1.37 bits per heavy atom. The maximum absolute atomic E-state index is 12.8. The molecule has 2 amide bonds. The molecule has 1 aliphatic rings. The number of aromatic nitrogens is 2. The van der Waals surface area contributed by atoms with Gasteiger partial charge >= 0.3 is 6.03 Å². The van der Waals surface area contributed by atoms with Crippen molar-refractivity contribution in [3.05, 3.63) is 41.7 Å². The summed E-state index contributed by atoms with van der Waals surface area (Å²) in [4.78, 5) is 21.1. The van der Waals surface area contributed by atoms with Crippen molar-refractivity contribution in [3.8, 4) is 5.75 Å². The fourth-order valence-electron chi connectivity index (χ4n) is 3.72. The Morgan fingerprint density at radius 2 is 2.15 bits per heavy atom. The van der Waals surface area contributed by atoms with Crippen LogP contribution in [0.1, 0.15) is 24.1 Å². The van der Waals surface area contributed by atoms with Crippen molar-refractivity contribution in [3.63, 3.8) is 0 Å². The molecule has 1 saturated heterocycles. The van der Waals surface area contributed by atoms with Crippen LogP contribution in [0.2, 0.25) is 0 Å². The second kappa shape index (κ2) is 8.33. The van der Waals surface area contributed by atoms with E-state index in [1.54, 1.807) is 7.11 Å². The molecule has 27 heavy (non-hydrogen) atoms. The molecule has 7 nitrogen and oxygen atoms in total. The molecule has 1 aromatic carbocycles. The van der Waals surface area contributed by atoms with E-state index in [2.05, 4.69) is 16.4 Å². The standard InChI is InChI=1S/C20H29N5O2/c1-23(2)19-21-13-17(24(19)3)14-22-20(26)25-11-7-9-16(25)12-15-8-5-6-10-18(15)27-4/h5-6,8,10,13,16H,7,9,11-12,14H2,1-4H3,(H,22,26). The summed E-state index contributed by atoms with van der Waals surface area (Å²) < 4.78 is 7.46. The molecule has 0 aliphatic carbocycles. The van der Waals surface area contributed by atoms with Crippen molar-refractivity contribution in [2.75, 3.05) is 32.6 Å². The molecule has 7 heteroatoms. The number of hydrogen-bond acceptors (Lipinski definition) is 4. The molecule has 3 rings (SSSR count). The summed E-state index contributed by atoms with van der Waals surface area (Å²) >= 11 is 0. The van der Waals surface area contributed by atoms with Crippen LogP contribution in [0, 0.1) is 0 Å². The summed E-state index contributed by atoms with van der Waals surface area (Å²) in [6, 6.07) is 8.22. The molecule has 1 N–H and O–H groups in total. The van der Waals surface area contributed by atoms with Crippen LogP contribution in [-0.2, 0) is 20.0 Å². The van der Waals surface area contributed by atoms with Gasteiger partial charge in [0.25, 0.3) is 0 Å². The van der Waals surface area contributed by atoms with Gasteiger partial charge < -0.3 is 24.4 Å². The fourth-order valence-corrected chi connectivity index (χ4v) is 3.72. The summed E-state index contributed by atoms with van der Waals surface area (Å²) in [6.07, 6.45) is 4.67. The summed E-state index contributed by atoms with van der Waals surface area (Å²) in [5.74, 6) is 1.75. The molecule has 2 heterocycles. The molecule has 0 spiro atoms. The van der Waals surface area contributed by atoms with E-state index in [1.165, 1.54) is 0 Å². The van der Waals surface area contributed by atoms with Crippen molar-refractivity contribution in [2.45, 2.75) is 31.8 Å². The quantitative estimate of drug-likeness (QED) is 0.847. The third-order valence-corrected chi connectivity index (χ3v) is 5.17. The Labute approximate surface area is 160 Å². The van der Waals surface area contributed by atoms with Gasteiger partial charge in [-0.05, 0) is 30.9 Å². The number of amides is 2. The van der Waals surface area contributed by atoms with Gasteiger partial charge in [0.15, 0.2) is 0 Å². The minimum atomic E-state index is -0.0139. The van der Waals surface area contributed by atoms with E-state index in [1.807, 2.05) is 59.9 Å². The summed E-state index contributed by atoms with van der Waals surface area (Å²) in [7, 11) is 7.56. The number of para-hydroxylation sites is 1. The molecule has 2 aromatic rings. The highest BCUT2D eigenvalue weighted by molar-refractivity contribution is 5.75. The maximum atomic E-state index is 12.8. The molecular formula is C20H29N5O2. The number of benzene rings is 1. The SMILES string of the molecule is COc1ccccc1CC1CCCN1C(=O)NCc1cnc(N(C)C)n1C. The van der Waals surface area contributed by atoms with Crippen molar-refractivity contribution in [1.82, 2.24) is 19.8 Å². The zero-order valence-corrected chi connectivity index (χ0v) is 16.6. The second-order valence-corrected chi connectivity index (χ2v) is 7.17. The first kappa shape index (κ1) is 19.1. The minimum absolute atomic E-state index is 0.0139. The second-order valence-electron chi connectivity index (χ2n) is 7.17. The number of rotatable bonds is 6. The van der Waals surface area contributed by atoms with Crippen LogP contribution in [0.3, 0.4) is 0 Å². The van der Waals surface area contributed by atoms with E-state index in [0.717, 1.165) is 48.8 Å². The van der Waals surface area contributed by atoms with Crippen LogP contribution >= 0.6 is 0 Å². The first-order valence-electron chi connectivity index (χ1n) is 9.35. The highest BCUT2D eigenvalue weighted by Crippen LogP contribution is 2.26. The van der Waals surface area contributed by atoms with Gasteiger partial charge in [-0.2, -0.15) is 0 Å². The molecule has 1 aliphatic heterocycles. The van der Waals surface area contributed by atoms with E-state index in [9.17, 15) is 4.79 Å². The number of urea groups is 1. The van der Waals surface area contributed by atoms with Gasteiger partial charge in [0.1, 0.15) is 5.75 Å². The van der Waals surface area contributed by atoms with Gasteiger partial charge in [-0.1, -0.05) is 18.2 Å². The van der Waals surface area contributed by atoms with Gasteiger partial charge in [-0.3, -0.25) is 0 Å². The van der Waals surface area contributed by atoms with E-state index >= 15 is 0 Å². The highest BCUT2D eigenvalue weighted by atomic mass is 16.5. The van der Waals surface area contributed by atoms with Crippen LogP contribution in [0.5, 0.6) is 5.75 Å². The average molecular weight is 371 g/mol. The number of carbonyl (C=O) groups excluding carboxylic acids is 1. The molecule has 146 valence electrons. The van der Waals surface area contributed by atoms with Gasteiger partial charge in [0.2, 0.25) is 5.95 Å². The normalized spacial score (nSPS) is 16.4. The van der Waals surface area contributed by atoms with E-state index in [4.69, 9.17) is 4.74 Å². The van der Waals surface area contributed by atoms with Crippen molar-refractivity contribution < 1.29 is 9.53 Å². The lowest BCUT2D eigenvalue weighted by Gasteiger charge is -2.25. The zero-order valence-electron chi connectivity index (χ0n) is 16.6. The van der Waals surface area contributed by atoms with Crippen LogP contribution in [0.4, 0.5) is 10.7 Å². The third kappa shape index (κ3) is 4.18. The van der Waals surface area contributed by atoms with Crippen LogP contribution < -0.4 is 15.0 Å². The Hall–Kier alpha value is -2.70. The topological polar surface area (TPSA) is 62.6 Å². The lowest BCUT2D eigenvalue weighted by molar-refractivity contribution is 0.191. The van der Waals surface area contributed by atoms with Gasteiger partial charge in [0, 0.05) is 33.7 Å².